The van der Waals surface area contributed by atoms with Crippen LogP contribution < -0.4 is 0 Å². The molecule has 0 atom stereocenters. The van der Waals surface area contributed by atoms with E-state index in [0.717, 1.165) is 154 Å². The second kappa shape index (κ2) is 32.5. The number of hydrogen-bond acceptors (Lipinski definition) is 8. The number of amides is 8. The third-order valence-corrected chi connectivity index (χ3v) is 25.9. The highest BCUT2D eigenvalue weighted by molar-refractivity contribution is 6.55. The number of benzene rings is 10. The van der Waals surface area contributed by atoms with Crippen molar-refractivity contribution < 1.29 is 38.4 Å². The molecule has 16 heteroatoms. The molecule has 8 amide bonds. The van der Waals surface area contributed by atoms with Crippen molar-refractivity contribution in [2.24, 2.45) is 0 Å². The second-order valence-corrected chi connectivity index (χ2v) is 33.3. The number of hydrogen-bond donors (Lipinski definition) is 0. The second-order valence-electron chi connectivity index (χ2n) is 31.6. The molecule has 12 nitrogen and oxygen atoms in total. The van der Waals surface area contributed by atoms with Gasteiger partial charge >= 0.3 is 0 Å². The molecular weight excluding hydrogens is 1430 g/mol. The maximum atomic E-state index is 16.7. The van der Waals surface area contributed by atoms with Crippen LogP contribution in [0.1, 0.15) is 344 Å². The van der Waals surface area contributed by atoms with Gasteiger partial charge in [-0.25, -0.2) is 0 Å². The number of imide groups is 4. The minimum atomic E-state index is -0.492. The van der Waals surface area contributed by atoms with Crippen LogP contribution in [-0.4, -0.2) is 91.0 Å². The van der Waals surface area contributed by atoms with Gasteiger partial charge in [0.2, 0.25) is 0 Å². The fraction of sp³-hybridized carbons (Fsp3) is 0.478. The summed E-state index contributed by atoms with van der Waals surface area (Å²) in [6.07, 6.45) is 26.5. The Hall–Kier alpha value is -7.48. The summed E-state index contributed by atoms with van der Waals surface area (Å²) in [4.78, 5) is 134. The largest absolute Gasteiger partial charge is 0.271 e. The van der Waals surface area contributed by atoms with Gasteiger partial charge < -0.3 is 0 Å². The molecule has 0 saturated carbocycles. The predicted molar refractivity (Wildman–Crippen MR) is 445 cm³/mol. The lowest BCUT2D eigenvalue weighted by molar-refractivity contribution is 0.0501. The van der Waals surface area contributed by atoms with Gasteiger partial charge in [0.15, 0.2) is 0 Å². The Morgan fingerprint density at radius 3 is 0.630 bits per heavy atom. The Kier molecular flexibility index (Phi) is 23.2. The molecule has 0 N–H and O–H groups in total. The van der Waals surface area contributed by atoms with Gasteiger partial charge in [-0.1, -0.05) is 268 Å². The standard InChI is InChI=1S/C92H102Cl4N4O8/c1-9-17-25-33-51(34-26-18-10-2)97-85(101)57-43-41-55-71-59(45-61-75-65(91(107)99(87(61)103)53(37-29-21-13-5)38-30-22-14-6)49-69(95)81(83(71)75)79-67(93)47-63(89(97)105)73(57)77(55)79)60-46-62-76-66(92(108)100(88(62)104)54(39-31-23-15-7)40-32-24-16-8)50-70(96)82-80-68(94)48-64-74-58(44-42-56(78(74)80)72(60)84(76)82)86(102)98(90(64)106)52(35-27-19-11-3)36-28-20-12-4/h41-54H,9-40H2,1-8H3. The Labute approximate surface area is 654 Å². The number of rotatable bonds is 37. The molecule has 0 radical (unpaired) electrons. The van der Waals surface area contributed by atoms with Gasteiger partial charge in [-0.2, -0.15) is 0 Å². The average Bonchev–Trinajstić information content (AvgIpc) is 0.670. The lowest BCUT2D eigenvalue weighted by atomic mass is 9.76. The van der Waals surface area contributed by atoms with Gasteiger partial charge in [-0.3, -0.25) is 58.0 Å². The summed E-state index contributed by atoms with van der Waals surface area (Å²) >= 11 is 31.7. The van der Waals surface area contributed by atoms with Crippen molar-refractivity contribution in [3.8, 4) is 11.1 Å². The predicted octanol–water partition coefficient (Wildman–Crippen LogP) is 26.6. The van der Waals surface area contributed by atoms with Gasteiger partial charge in [0.25, 0.3) is 47.3 Å². The number of carbonyl (C=O) groups is 8. The van der Waals surface area contributed by atoms with Crippen molar-refractivity contribution in [3.05, 3.63) is 125 Å². The van der Waals surface area contributed by atoms with Gasteiger partial charge in [0.1, 0.15) is 0 Å². The molecule has 0 unspecified atom stereocenters. The number of halogens is 4. The van der Waals surface area contributed by atoms with Gasteiger partial charge in [-0.05, 0) is 133 Å². The summed E-state index contributed by atoms with van der Waals surface area (Å²) in [6, 6.07) is 16.1. The zero-order valence-corrected chi connectivity index (χ0v) is 67.3. The lowest BCUT2D eigenvalue weighted by Gasteiger charge is -2.37. The number of nitrogens with zero attached hydrogens (tertiary/aromatic N) is 4. The van der Waals surface area contributed by atoms with Gasteiger partial charge in [0.05, 0.1) is 22.3 Å². The third-order valence-electron chi connectivity index (χ3n) is 24.7. The molecule has 4 heterocycles. The van der Waals surface area contributed by atoms with Crippen LogP contribution in [0.2, 0.25) is 20.1 Å². The van der Waals surface area contributed by atoms with E-state index in [1.165, 1.54) is 19.6 Å². The van der Waals surface area contributed by atoms with Crippen LogP contribution in [-0.2, 0) is 0 Å². The fourth-order valence-corrected chi connectivity index (χ4v) is 20.6. The van der Waals surface area contributed by atoms with Crippen LogP contribution >= 0.6 is 46.4 Å². The van der Waals surface area contributed by atoms with Crippen molar-refractivity contribution in [2.75, 3.05) is 0 Å². The molecule has 4 aliphatic heterocycles. The fourth-order valence-electron chi connectivity index (χ4n) is 19.4. The molecule has 0 aromatic heterocycles. The molecule has 0 bridgehead atoms. The van der Waals surface area contributed by atoms with Crippen LogP contribution in [0.4, 0.5) is 0 Å². The Balaban J connectivity index is 1.15. The molecule has 10 aromatic carbocycles. The maximum Gasteiger partial charge on any atom is 0.261 e. The van der Waals surface area contributed by atoms with E-state index in [4.69, 9.17) is 46.4 Å². The normalized spacial score (nSPS) is 14.8. The quantitative estimate of drug-likeness (QED) is 0.0162. The van der Waals surface area contributed by atoms with Crippen molar-refractivity contribution in [1.82, 2.24) is 19.6 Å². The van der Waals surface area contributed by atoms with Crippen LogP contribution in [0.5, 0.6) is 0 Å². The SMILES string of the molecule is CCCCCC(CCCCC)N1C(=O)c2ccc3c4c(-c5cc6c7c(cc(Cl)c8c9c(Cl)cc%10c%11c(ccc(c5c78)c%119)C(=O)N(C(CCCCC)CCCCC)C%10=O)C(=O)N(C(CCCCC)CCCCC)C6=O)cc5c6c(cc(Cl)c(c7c(Cl)cc(c2c37)C1=O)c64)C(=O)N(C(CCCCC)CCCCC)C5=O. The average molecular weight is 1530 g/mol. The van der Waals surface area contributed by atoms with Gasteiger partial charge in [0, 0.05) is 131 Å². The first kappa shape index (κ1) is 77.3. The highest BCUT2D eigenvalue weighted by atomic mass is 35.5. The highest BCUT2D eigenvalue weighted by Gasteiger charge is 2.46. The van der Waals surface area contributed by atoms with Crippen LogP contribution in [0, 0.1) is 0 Å². The molecule has 4 aliphatic rings. The van der Waals surface area contributed by atoms with E-state index in [1.54, 1.807) is 36.4 Å². The number of carbonyl (C=O) groups excluding carboxylic acids is 8. The topological polar surface area (TPSA) is 150 Å². The Morgan fingerprint density at radius 2 is 0.407 bits per heavy atom. The van der Waals surface area contributed by atoms with E-state index < -0.39 is 59.3 Å². The molecule has 14 rings (SSSR count). The van der Waals surface area contributed by atoms with Gasteiger partial charge in [-0.15, -0.1) is 0 Å². The minimum Gasteiger partial charge on any atom is -0.271 e. The monoisotopic (exact) mass is 1530 g/mol. The molecule has 0 aliphatic carbocycles. The molecule has 10 aromatic rings. The van der Waals surface area contributed by atoms with Crippen LogP contribution in [0.25, 0.3) is 97.3 Å². The van der Waals surface area contributed by atoms with Crippen molar-refractivity contribution in [3.63, 3.8) is 0 Å². The smallest absolute Gasteiger partial charge is 0.261 e. The Bertz CT molecular complexity index is 4950. The summed E-state index contributed by atoms with van der Waals surface area (Å²) in [5, 5.41) is 7.87. The van der Waals surface area contributed by atoms with Crippen LogP contribution in [0.3, 0.4) is 0 Å². The first-order chi connectivity index (χ1) is 52.4. The lowest BCUT2D eigenvalue weighted by Crippen LogP contribution is -2.47. The number of fused-ring (bicyclic) bond motifs is 4. The first-order valence-corrected chi connectivity index (χ1v) is 42.7. The van der Waals surface area contributed by atoms with Crippen LogP contribution in [0.15, 0.2) is 60.7 Å². The number of unbranched alkanes of at least 4 members (excludes halogenated alkanes) is 16. The minimum absolute atomic E-state index is 0.160. The van der Waals surface area contributed by atoms with E-state index in [1.807, 2.05) is 24.3 Å². The van der Waals surface area contributed by atoms with Crippen molar-refractivity contribution >= 4 is 180 Å². The summed E-state index contributed by atoms with van der Waals surface area (Å²) in [7, 11) is 0. The summed E-state index contributed by atoms with van der Waals surface area (Å²) in [5.41, 5.74) is 2.96. The zero-order chi connectivity index (χ0) is 76.3. The Morgan fingerprint density at radius 1 is 0.213 bits per heavy atom. The molecule has 0 fully saturated rings. The molecular formula is C92H102Cl4N4O8. The van der Waals surface area contributed by atoms with Crippen molar-refractivity contribution in [1.29, 1.82) is 0 Å². The summed E-state index contributed by atoms with van der Waals surface area (Å²) in [5.74, 6) is -3.61. The molecule has 108 heavy (non-hydrogen) atoms. The van der Waals surface area contributed by atoms with Crippen molar-refractivity contribution in [2.45, 2.75) is 285 Å². The maximum absolute atomic E-state index is 16.7. The van der Waals surface area contributed by atoms with E-state index >= 15 is 38.4 Å². The third kappa shape index (κ3) is 12.8. The van der Waals surface area contributed by atoms with E-state index in [2.05, 4.69) is 55.4 Å². The highest BCUT2D eigenvalue weighted by Crippen LogP contribution is 2.58. The zero-order valence-electron chi connectivity index (χ0n) is 64.3. The summed E-state index contributed by atoms with van der Waals surface area (Å²) in [6.45, 7) is 17.1. The van der Waals surface area contributed by atoms with E-state index in [-0.39, 0.29) is 65.6 Å². The first-order valence-electron chi connectivity index (χ1n) is 41.2. The van der Waals surface area contributed by atoms with E-state index in [9.17, 15) is 0 Å². The molecule has 0 saturated heterocycles. The van der Waals surface area contributed by atoms with E-state index in [0.29, 0.717) is 160 Å². The molecule has 0 spiro atoms. The summed E-state index contributed by atoms with van der Waals surface area (Å²) < 4.78 is 0. The molecule has 566 valence electrons.